The summed E-state index contributed by atoms with van der Waals surface area (Å²) in [5.74, 6) is -0.906. The van der Waals surface area contributed by atoms with E-state index in [1.54, 1.807) is 24.8 Å². The summed E-state index contributed by atoms with van der Waals surface area (Å²) in [6, 6.07) is 12.0. The number of carbonyl (C=O) groups excluding carboxylic acids is 2. The molecular formula is C23H26ClFN2O4. The van der Waals surface area contributed by atoms with Crippen LogP contribution < -0.4 is 5.32 Å². The number of nitrogens with zero attached hydrogens (tertiary/aromatic N) is 1. The average Bonchev–Trinajstić information content (AvgIpc) is 3.02. The molecule has 2 amide bonds. The fraction of sp³-hybridized carbons (Fsp3) is 0.391. The molecule has 1 atom stereocenters. The number of halogens is 2. The number of benzene rings is 2. The number of hydrogen-bond acceptors (Lipinski definition) is 4. The van der Waals surface area contributed by atoms with E-state index in [4.69, 9.17) is 21.1 Å². The quantitative estimate of drug-likeness (QED) is 0.664. The molecule has 3 rings (SSSR count). The van der Waals surface area contributed by atoms with Crippen molar-refractivity contribution >= 4 is 29.3 Å². The topological polar surface area (TPSA) is 67.9 Å². The van der Waals surface area contributed by atoms with Gasteiger partial charge in [0.2, 0.25) is 5.91 Å². The summed E-state index contributed by atoms with van der Waals surface area (Å²) in [6.45, 7) is 5.46. The number of ether oxygens (including phenoxy) is 2. The molecule has 1 fully saturated rings. The van der Waals surface area contributed by atoms with Gasteiger partial charge in [0.1, 0.15) is 18.1 Å². The lowest BCUT2D eigenvalue weighted by atomic mass is 10.0. The molecule has 0 saturated carbocycles. The number of amides is 2. The Morgan fingerprint density at radius 2 is 2.00 bits per heavy atom. The molecule has 1 heterocycles. The van der Waals surface area contributed by atoms with E-state index in [0.29, 0.717) is 30.7 Å². The zero-order valence-electron chi connectivity index (χ0n) is 17.8. The molecule has 2 aromatic carbocycles. The molecule has 166 valence electrons. The fourth-order valence-corrected chi connectivity index (χ4v) is 3.88. The van der Waals surface area contributed by atoms with Crippen LogP contribution in [0.25, 0.3) is 0 Å². The summed E-state index contributed by atoms with van der Waals surface area (Å²) in [7, 11) is 0. The van der Waals surface area contributed by atoms with Crippen LogP contribution in [0.3, 0.4) is 0 Å². The molecule has 0 aromatic heterocycles. The van der Waals surface area contributed by atoms with Crippen LogP contribution in [-0.4, -0.2) is 35.3 Å². The van der Waals surface area contributed by atoms with E-state index in [1.807, 2.05) is 30.3 Å². The Labute approximate surface area is 186 Å². The van der Waals surface area contributed by atoms with Gasteiger partial charge < -0.3 is 14.8 Å². The molecule has 2 aromatic rings. The van der Waals surface area contributed by atoms with Gasteiger partial charge in [0.15, 0.2) is 0 Å². The van der Waals surface area contributed by atoms with E-state index in [0.717, 1.165) is 5.56 Å². The molecule has 31 heavy (non-hydrogen) atoms. The Morgan fingerprint density at radius 1 is 1.29 bits per heavy atom. The molecule has 0 unspecified atom stereocenters. The van der Waals surface area contributed by atoms with E-state index in [9.17, 15) is 14.0 Å². The van der Waals surface area contributed by atoms with Crippen molar-refractivity contribution in [2.45, 2.75) is 52.0 Å². The van der Waals surface area contributed by atoms with Crippen molar-refractivity contribution in [1.29, 1.82) is 0 Å². The highest BCUT2D eigenvalue weighted by molar-refractivity contribution is 6.31. The van der Waals surface area contributed by atoms with Crippen molar-refractivity contribution in [3.63, 3.8) is 0 Å². The smallest absolute Gasteiger partial charge is 0.412 e. The molecule has 1 N–H and O–H groups in total. The zero-order valence-corrected chi connectivity index (χ0v) is 18.5. The van der Waals surface area contributed by atoms with Crippen LogP contribution in [0, 0.1) is 5.82 Å². The van der Waals surface area contributed by atoms with Gasteiger partial charge in [-0.2, -0.15) is 0 Å². The summed E-state index contributed by atoms with van der Waals surface area (Å²) in [6.07, 6.45) is 0.420. The molecule has 1 aliphatic rings. The van der Waals surface area contributed by atoms with E-state index in [1.165, 1.54) is 13.0 Å². The van der Waals surface area contributed by atoms with Gasteiger partial charge in [-0.15, -0.1) is 0 Å². The molecule has 6 nitrogen and oxygen atoms in total. The van der Waals surface area contributed by atoms with Crippen molar-refractivity contribution in [2.24, 2.45) is 0 Å². The number of nitrogens with one attached hydrogen (secondary N) is 1. The molecule has 1 aliphatic heterocycles. The first-order chi connectivity index (χ1) is 14.7. The summed E-state index contributed by atoms with van der Waals surface area (Å²) in [5, 5.41) is 2.57. The molecule has 0 spiro atoms. The normalized spacial score (nSPS) is 17.5. The second kappa shape index (κ2) is 9.66. The minimum atomic E-state index is -0.828. The van der Waals surface area contributed by atoms with Crippen molar-refractivity contribution in [2.75, 3.05) is 11.9 Å². The Morgan fingerprint density at radius 3 is 2.68 bits per heavy atom. The van der Waals surface area contributed by atoms with Crippen molar-refractivity contribution in [1.82, 2.24) is 4.90 Å². The van der Waals surface area contributed by atoms with Gasteiger partial charge in [0.05, 0.1) is 17.7 Å². The number of rotatable bonds is 6. The van der Waals surface area contributed by atoms with E-state index in [2.05, 4.69) is 5.32 Å². The third kappa shape index (κ3) is 5.74. The van der Waals surface area contributed by atoms with Crippen LogP contribution >= 0.6 is 11.6 Å². The van der Waals surface area contributed by atoms with Crippen molar-refractivity contribution in [3.05, 3.63) is 64.4 Å². The fourth-order valence-electron chi connectivity index (χ4n) is 3.68. The van der Waals surface area contributed by atoms with Crippen LogP contribution in [0.15, 0.2) is 42.5 Å². The Kier molecular flexibility index (Phi) is 7.18. The zero-order chi connectivity index (χ0) is 22.6. The molecule has 0 bridgehead atoms. The van der Waals surface area contributed by atoms with Gasteiger partial charge in [-0.3, -0.25) is 9.69 Å². The minimum absolute atomic E-state index is 0.00508. The summed E-state index contributed by atoms with van der Waals surface area (Å²) in [5.41, 5.74) is 0.951. The van der Waals surface area contributed by atoms with Crippen LogP contribution in [0.2, 0.25) is 5.02 Å². The maximum atomic E-state index is 14.2. The van der Waals surface area contributed by atoms with Gasteiger partial charge in [0, 0.05) is 12.6 Å². The van der Waals surface area contributed by atoms with Crippen molar-refractivity contribution < 1.29 is 23.5 Å². The van der Waals surface area contributed by atoms with Crippen LogP contribution in [0.5, 0.6) is 0 Å². The van der Waals surface area contributed by atoms with Gasteiger partial charge >= 0.3 is 6.09 Å². The number of carbonyl (C=O) groups is 2. The Hall–Kier alpha value is -2.64. The third-order valence-electron chi connectivity index (χ3n) is 5.15. The number of aryl methyl sites for hydroxylation is 1. The second-order valence-corrected chi connectivity index (χ2v) is 8.35. The summed E-state index contributed by atoms with van der Waals surface area (Å²) in [4.78, 5) is 25.7. The minimum Gasteiger partial charge on any atom is -0.444 e. The molecular weight excluding hydrogens is 423 g/mol. The van der Waals surface area contributed by atoms with Crippen LogP contribution in [0.1, 0.15) is 38.3 Å². The van der Waals surface area contributed by atoms with Crippen LogP contribution in [-0.2, 0) is 27.3 Å². The largest absolute Gasteiger partial charge is 0.444 e. The predicted octanol–water partition coefficient (Wildman–Crippen LogP) is 5.14. The highest BCUT2D eigenvalue weighted by atomic mass is 35.5. The van der Waals surface area contributed by atoms with Crippen LogP contribution in [0.4, 0.5) is 14.9 Å². The van der Waals surface area contributed by atoms with Gasteiger partial charge in [-0.05, 0) is 49.9 Å². The number of hydrogen-bond donors (Lipinski definition) is 1. The standard InChI is InChI=1S/C23H26ClFN2O4/c1-15(28)26-18-11-17(21(24)20(25)12-18)9-10-19-14-31-23(2,3)27(19)22(29)30-13-16-7-5-4-6-8-16/h4-8,11-12,19H,9-10,13-14H2,1-3H3,(H,26,28)/t19-/m0/s1. The maximum Gasteiger partial charge on any atom is 0.412 e. The maximum absolute atomic E-state index is 14.2. The Balaban J connectivity index is 1.69. The summed E-state index contributed by atoms with van der Waals surface area (Å²) < 4.78 is 25.5. The van der Waals surface area contributed by atoms with Gasteiger partial charge in [-0.25, -0.2) is 9.18 Å². The SMILES string of the molecule is CC(=O)Nc1cc(F)c(Cl)c(CC[C@H]2COC(C)(C)N2C(=O)OCc2ccccc2)c1. The lowest BCUT2D eigenvalue weighted by molar-refractivity contribution is -0.114. The highest BCUT2D eigenvalue weighted by Gasteiger charge is 2.44. The second-order valence-electron chi connectivity index (χ2n) is 7.97. The summed E-state index contributed by atoms with van der Waals surface area (Å²) >= 11 is 6.14. The molecule has 8 heteroatoms. The van der Waals surface area contributed by atoms with E-state index >= 15 is 0 Å². The third-order valence-corrected chi connectivity index (χ3v) is 5.57. The lowest BCUT2D eigenvalue weighted by Crippen LogP contribution is -2.48. The van der Waals surface area contributed by atoms with Gasteiger partial charge in [0.25, 0.3) is 0 Å². The molecule has 0 radical (unpaired) electrons. The monoisotopic (exact) mass is 448 g/mol. The first-order valence-corrected chi connectivity index (χ1v) is 10.4. The molecule has 1 saturated heterocycles. The first kappa shape index (κ1) is 23.0. The predicted molar refractivity (Wildman–Crippen MR) is 116 cm³/mol. The Bertz CT molecular complexity index is 952. The highest BCUT2D eigenvalue weighted by Crippen LogP contribution is 2.32. The number of anilines is 1. The van der Waals surface area contributed by atoms with Gasteiger partial charge in [-0.1, -0.05) is 41.9 Å². The first-order valence-electron chi connectivity index (χ1n) is 10.1. The van der Waals surface area contributed by atoms with Crippen molar-refractivity contribution in [3.8, 4) is 0 Å². The van der Waals surface area contributed by atoms with E-state index in [-0.39, 0.29) is 23.6 Å². The van der Waals surface area contributed by atoms with E-state index < -0.39 is 17.6 Å². The average molecular weight is 449 g/mol. The molecule has 0 aliphatic carbocycles. The lowest BCUT2D eigenvalue weighted by Gasteiger charge is -2.32.